The molecule has 1 aliphatic rings. The lowest BCUT2D eigenvalue weighted by Crippen LogP contribution is -1.83. The molecule has 2 aromatic rings. The van der Waals surface area contributed by atoms with Crippen molar-refractivity contribution >= 4 is 16.6 Å². The van der Waals surface area contributed by atoms with Crippen molar-refractivity contribution in [3.8, 4) is 0 Å². The molecule has 3 heteroatoms. The fourth-order valence-corrected chi connectivity index (χ4v) is 1.73. The molecule has 66 valence electrons. The Hall–Kier alpha value is -1.51. The van der Waals surface area contributed by atoms with Crippen molar-refractivity contribution < 1.29 is 0 Å². The molecular weight excluding hydrogens is 162 g/mol. The predicted octanol–water partition coefficient (Wildman–Crippen LogP) is 2.02. The molecule has 0 aliphatic heterocycles. The Labute approximate surface area is 75.9 Å². The molecule has 1 aromatic carbocycles. The van der Waals surface area contributed by atoms with E-state index in [9.17, 15) is 0 Å². The summed E-state index contributed by atoms with van der Waals surface area (Å²) in [6.07, 6.45) is 2.59. The second-order valence-electron chi connectivity index (χ2n) is 3.69. The van der Waals surface area contributed by atoms with Crippen LogP contribution in [0.2, 0.25) is 0 Å². The smallest absolute Gasteiger partial charge is 0.0944 e. The standard InChI is InChI=1S/C10H11N3/c11-7-3-4-8-9(5-7)12-13-10(8)6-1-2-6/h3-6H,1-2,11H2,(H,12,13). The lowest BCUT2D eigenvalue weighted by atomic mass is 10.1. The highest BCUT2D eigenvalue weighted by atomic mass is 15.1. The van der Waals surface area contributed by atoms with Gasteiger partial charge in [-0.3, -0.25) is 5.10 Å². The van der Waals surface area contributed by atoms with E-state index in [0.29, 0.717) is 5.92 Å². The molecule has 0 atom stereocenters. The van der Waals surface area contributed by atoms with E-state index in [1.54, 1.807) is 0 Å². The normalized spacial score (nSPS) is 16.6. The van der Waals surface area contributed by atoms with Crippen LogP contribution in [0, 0.1) is 0 Å². The van der Waals surface area contributed by atoms with Crippen LogP contribution in [0.4, 0.5) is 5.69 Å². The van der Waals surface area contributed by atoms with Crippen LogP contribution in [0.1, 0.15) is 24.5 Å². The van der Waals surface area contributed by atoms with E-state index in [1.807, 2.05) is 12.1 Å². The van der Waals surface area contributed by atoms with Crippen LogP contribution in [0.15, 0.2) is 18.2 Å². The summed E-state index contributed by atoms with van der Waals surface area (Å²) >= 11 is 0. The fourth-order valence-electron chi connectivity index (χ4n) is 1.73. The minimum atomic E-state index is 0.716. The zero-order chi connectivity index (χ0) is 8.84. The Bertz CT molecular complexity index is 454. The maximum Gasteiger partial charge on any atom is 0.0944 e. The third-order valence-electron chi connectivity index (χ3n) is 2.59. The van der Waals surface area contributed by atoms with E-state index < -0.39 is 0 Å². The molecule has 1 fully saturated rings. The Morgan fingerprint density at radius 3 is 3.00 bits per heavy atom. The van der Waals surface area contributed by atoms with Crippen LogP contribution in [0.3, 0.4) is 0 Å². The van der Waals surface area contributed by atoms with Crippen LogP contribution in [-0.4, -0.2) is 10.2 Å². The number of hydrogen-bond donors (Lipinski definition) is 2. The molecule has 3 N–H and O–H groups in total. The summed E-state index contributed by atoms with van der Waals surface area (Å²) in [5, 5.41) is 8.57. The number of hydrogen-bond acceptors (Lipinski definition) is 2. The average molecular weight is 173 g/mol. The largest absolute Gasteiger partial charge is 0.399 e. The molecule has 0 unspecified atom stereocenters. The van der Waals surface area contributed by atoms with Gasteiger partial charge in [-0.05, 0) is 31.0 Å². The number of benzene rings is 1. The van der Waals surface area contributed by atoms with Crippen molar-refractivity contribution in [2.24, 2.45) is 0 Å². The SMILES string of the molecule is Nc1ccc2c(C3CC3)[nH]nc2c1. The number of aromatic nitrogens is 2. The zero-order valence-corrected chi connectivity index (χ0v) is 7.25. The van der Waals surface area contributed by atoms with Gasteiger partial charge in [-0.25, -0.2) is 0 Å². The summed E-state index contributed by atoms with van der Waals surface area (Å²) in [6.45, 7) is 0. The zero-order valence-electron chi connectivity index (χ0n) is 7.25. The third-order valence-corrected chi connectivity index (χ3v) is 2.59. The van der Waals surface area contributed by atoms with Crippen LogP contribution < -0.4 is 5.73 Å². The number of aromatic amines is 1. The highest BCUT2D eigenvalue weighted by molar-refractivity contribution is 5.84. The number of nitrogens with zero attached hydrogens (tertiary/aromatic N) is 1. The quantitative estimate of drug-likeness (QED) is 0.648. The first kappa shape index (κ1) is 6.95. The lowest BCUT2D eigenvalue weighted by molar-refractivity contribution is 0.978. The molecule has 0 saturated heterocycles. The van der Waals surface area contributed by atoms with E-state index in [-0.39, 0.29) is 0 Å². The molecule has 1 saturated carbocycles. The summed E-state index contributed by atoms with van der Waals surface area (Å²) in [5.41, 5.74) is 8.72. The Kier molecular flexibility index (Phi) is 1.20. The van der Waals surface area contributed by atoms with Crippen molar-refractivity contribution in [1.29, 1.82) is 0 Å². The number of nitrogens with two attached hydrogens (primary N) is 1. The van der Waals surface area contributed by atoms with E-state index in [1.165, 1.54) is 23.9 Å². The van der Waals surface area contributed by atoms with Gasteiger partial charge in [0.2, 0.25) is 0 Å². The van der Waals surface area contributed by atoms with E-state index in [4.69, 9.17) is 5.73 Å². The highest BCUT2D eigenvalue weighted by Gasteiger charge is 2.27. The van der Waals surface area contributed by atoms with E-state index in [0.717, 1.165) is 11.2 Å². The lowest BCUT2D eigenvalue weighted by Gasteiger charge is -1.94. The Morgan fingerprint density at radius 2 is 2.23 bits per heavy atom. The summed E-state index contributed by atoms with van der Waals surface area (Å²) in [5.74, 6) is 0.716. The Balaban J connectivity index is 2.26. The first-order valence-electron chi connectivity index (χ1n) is 4.58. The summed E-state index contributed by atoms with van der Waals surface area (Å²) in [7, 11) is 0. The maximum atomic E-state index is 5.67. The van der Waals surface area contributed by atoms with Gasteiger partial charge in [-0.15, -0.1) is 0 Å². The minimum Gasteiger partial charge on any atom is -0.399 e. The van der Waals surface area contributed by atoms with Crippen LogP contribution in [-0.2, 0) is 0 Å². The molecule has 0 amide bonds. The van der Waals surface area contributed by atoms with Crippen LogP contribution in [0.5, 0.6) is 0 Å². The molecule has 13 heavy (non-hydrogen) atoms. The molecular formula is C10H11N3. The van der Waals surface area contributed by atoms with Crippen molar-refractivity contribution in [2.45, 2.75) is 18.8 Å². The van der Waals surface area contributed by atoms with Crippen LogP contribution >= 0.6 is 0 Å². The molecule has 1 aliphatic carbocycles. The average Bonchev–Trinajstić information content (AvgIpc) is 2.87. The molecule has 0 spiro atoms. The second-order valence-corrected chi connectivity index (χ2v) is 3.69. The van der Waals surface area contributed by atoms with Crippen molar-refractivity contribution in [3.63, 3.8) is 0 Å². The van der Waals surface area contributed by atoms with Gasteiger partial charge in [0.15, 0.2) is 0 Å². The number of anilines is 1. The van der Waals surface area contributed by atoms with Gasteiger partial charge in [0.25, 0.3) is 0 Å². The third kappa shape index (κ3) is 1.00. The number of nitrogens with one attached hydrogen (secondary N) is 1. The van der Waals surface area contributed by atoms with Crippen molar-refractivity contribution in [2.75, 3.05) is 5.73 Å². The predicted molar refractivity (Wildman–Crippen MR) is 52.5 cm³/mol. The molecule has 3 rings (SSSR count). The second kappa shape index (κ2) is 2.25. The molecule has 1 aromatic heterocycles. The molecule has 0 radical (unpaired) electrons. The van der Waals surface area contributed by atoms with Gasteiger partial charge in [-0.1, -0.05) is 0 Å². The molecule has 0 bridgehead atoms. The van der Waals surface area contributed by atoms with Gasteiger partial charge >= 0.3 is 0 Å². The number of rotatable bonds is 1. The topological polar surface area (TPSA) is 54.7 Å². The maximum absolute atomic E-state index is 5.67. The minimum absolute atomic E-state index is 0.716. The number of H-pyrrole nitrogens is 1. The first-order valence-corrected chi connectivity index (χ1v) is 4.58. The summed E-state index contributed by atoms with van der Waals surface area (Å²) in [6, 6.07) is 5.91. The van der Waals surface area contributed by atoms with Gasteiger partial charge in [-0.2, -0.15) is 5.10 Å². The Morgan fingerprint density at radius 1 is 1.38 bits per heavy atom. The van der Waals surface area contributed by atoms with E-state index >= 15 is 0 Å². The van der Waals surface area contributed by atoms with Crippen molar-refractivity contribution in [1.82, 2.24) is 10.2 Å². The highest BCUT2D eigenvalue weighted by Crippen LogP contribution is 2.41. The van der Waals surface area contributed by atoms with Gasteiger partial charge in [0, 0.05) is 22.7 Å². The van der Waals surface area contributed by atoms with E-state index in [2.05, 4.69) is 16.3 Å². The number of nitrogen functional groups attached to an aromatic ring is 1. The van der Waals surface area contributed by atoms with Gasteiger partial charge in [0.05, 0.1) is 5.52 Å². The summed E-state index contributed by atoms with van der Waals surface area (Å²) < 4.78 is 0. The molecule has 1 heterocycles. The monoisotopic (exact) mass is 173 g/mol. The van der Waals surface area contributed by atoms with Crippen molar-refractivity contribution in [3.05, 3.63) is 23.9 Å². The van der Waals surface area contributed by atoms with Gasteiger partial charge in [0.1, 0.15) is 0 Å². The summed E-state index contributed by atoms with van der Waals surface area (Å²) in [4.78, 5) is 0. The number of fused-ring (bicyclic) bond motifs is 1. The first-order chi connectivity index (χ1) is 6.34. The fraction of sp³-hybridized carbons (Fsp3) is 0.300. The molecule has 3 nitrogen and oxygen atoms in total. The van der Waals surface area contributed by atoms with Gasteiger partial charge < -0.3 is 5.73 Å². The van der Waals surface area contributed by atoms with Crippen LogP contribution in [0.25, 0.3) is 10.9 Å².